The van der Waals surface area contributed by atoms with Crippen LogP contribution in [0.5, 0.6) is 11.5 Å². The van der Waals surface area contributed by atoms with Gasteiger partial charge in [-0.3, -0.25) is 9.59 Å². The Labute approximate surface area is 236 Å². The Balaban J connectivity index is 1.50. The number of hydrogen-bond acceptors (Lipinski definition) is 4. The van der Waals surface area contributed by atoms with Crippen molar-refractivity contribution in [1.82, 2.24) is 5.32 Å². The maximum atomic E-state index is 12.9. The summed E-state index contributed by atoms with van der Waals surface area (Å²) < 4.78 is 12.2. The molecule has 0 radical (unpaired) electrons. The van der Waals surface area contributed by atoms with Crippen molar-refractivity contribution in [2.24, 2.45) is 5.73 Å². The maximum absolute atomic E-state index is 12.9. The second-order valence-corrected chi connectivity index (χ2v) is 10.8. The van der Waals surface area contributed by atoms with Gasteiger partial charge in [-0.05, 0) is 51.9 Å². The third-order valence-corrected chi connectivity index (χ3v) is 6.58. The Morgan fingerprint density at radius 3 is 1.80 bits per heavy atom. The number of ether oxygens (including phenoxy) is 2. The summed E-state index contributed by atoms with van der Waals surface area (Å²) in [6.07, 6.45) is 0.210. The quantitative estimate of drug-likeness (QED) is 0.247. The van der Waals surface area contributed by atoms with Gasteiger partial charge >= 0.3 is 0 Å². The maximum Gasteiger partial charge on any atom is 0.251 e. The predicted molar refractivity (Wildman–Crippen MR) is 157 cm³/mol. The summed E-state index contributed by atoms with van der Waals surface area (Å²) in [5.41, 5.74) is 10.1. The molecule has 0 spiro atoms. The standard InChI is InChI=1S/C34H36N2O4/c1-34(2,3)28-17-15-27(16-18-28)33(38)36-29(32(35)37)20-26-14-19-30(39-22-24-10-6-4-7-11-24)31(21-26)40-23-25-12-8-5-9-13-25/h4-19,21,29H,20,22-23H2,1-3H3,(H2,35,37)(H,36,38)/t29-/m1/s1. The van der Waals surface area contributed by atoms with Crippen LogP contribution in [0.3, 0.4) is 0 Å². The Kier molecular flexibility index (Phi) is 9.23. The minimum atomic E-state index is -0.896. The molecular formula is C34H36N2O4. The van der Waals surface area contributed by atoms with Crippen LogP contribution in [0, 0.1) is 0 Å². The lowest BCUT2D eigenvalue weighted by atomic mass is 9.86. The molecule has 6 heteroatoms. The molecule has 4 rings (SSSR count). The van der Waals surface area contributed by atoms with Gasteiger partial charge in [0, 0.05) is 12.0 Å². The zero-order valence-electron chi connectivity index (χ0n) is 23.2. The smallest absolute Gasteiger partial charge is 0.251 e. The number of hydrogen-bond donors (Lipinski definition) is 2. The van der Waals surface area contributed by atoms with Gasteiger partial charge in [-0.1, -0.05) is 99.6 Å². The van der Waals surface area contributed by atoms with E-state index in [2.05, 4.69) is 26.1 Å². The van der Waals surface area contributed by atoms with E-state index in [1.54, 1.807) is 12.1 Å². The first kappa shape index (κ1) is 28.4. The molecule has 40 heavy (non-hydrogen) atoms. The van der Waals surface area contributed by atoms with Crippen LogP contribution in [0.2, 0.25) is 0 Å². The van der Waals surface area contributed by atoms with Gasteiger partial charge < -0.3 is 20.5 Å². The Morgan fingerprint density at radius 1 is 0.725 bits per heavy atom. The highest BCUT2D eigenvalue weighted by atomic mass is 16.5. The van der Waals surface area contributed by atoms with E-state index in [-0.39, 0.29) is 17.7 Å². The number of nitrogens with two attached hydrogens (primary N) is 1. The topological polar surface area (TPSA) is 90.7 Å². The van der Waals surface area contributed by atoms with Crippen LogP contribution in [-0.2, 0) is 29.8 Å². The minimum Gasteiger partial charge on any atom is -0.485 e. The number of nitrogens with one attached hydrogen (secondary N) is 1. The molecule has 2 amide bonds. The van der Waals surface area contributed by atoms with Gasteiger partial charge in [-0.15, -0.1) is 0 Å². The van der Waals surface area contributed by atoms with Crippen molar-refractivity contribution in [3.63, 3.8) is 0 Å². The summed E-state index contributed by atoms with van der Waals surface area (Å²) in [5, 5.41) is 2.79. The zero-order chi connectivity index (χ0) is 28.5. The van der Waals surface area contributed by atoms with E-state index < -0.39 is 11.9 Å². The monoisotopic (exact) mass is 536 g/mol. The summed E-state index contributed by atoms with van der Waals surface area (Å²) in [4.78, 5) is 25.3. The lowest BCUT2D eigenvalue weighted by molar-refractivity contribution is -0.119. The normalized spacial score (nSPS) is 11.9. The summed E-state index contributed by atoms with van der Waals surface area (Å²) in [6.45, 7) is 7.07. The molecule has 4 aromatic carbocycles. The van der Waals surface area contributed by atoms with Crippen LogP contribution in [0.4, 0.5) is 0 Å². The molecule has 3 N–H and O–H groups in total. The van der Waals surface area contributed by atoms with Crippen LogP contribution in [0.1, 0.15) is 53.4 Å². The SMILES string of the molecule is CC(C)(C)c1ccc(C(=O)N[C@H](Cc2ccc(OCc3ccccc3)c(OCc3ccccc3)c2)C(N)=O)cc1. The van der Waals surface area contributed by atoms with Crippen molar-refractivity contribution in [2.45, 2.75) is 51.9 Å². The number of primary amides is 1. The van der Waals surface area contributed by atoms with Gasteiger partial charge in [0.15, 0.2) is 11.5 Å². The van der Waals surface area contributed by atoms with Crippen LogP contribution in [-0.4, -0.2) is 17.9 Å². The average Bonchev–Trinajstić information content (AvgIpc) is 2.95. The van der Waals surface area contributed by atoms with Crippen molar-refractivity contribution in [3.8, 4) is 11.5 Å². The Morgan fingerprint density at radius 2 is 1.27 bits per heavy atom. The summed E-state index contributed by atoms with van der Waals surface area (Å²) in [7, 11) is 0. The molecule has 4 aromatic rings. The van der Waals surface area contributed by atoms with Gasteiger partial charge in [-0.25, -0.2) is 0 Å². The fourth-order valence-corrected chi connectivity index (χ4v) is 4.20. The number of rotatable bonds is 11. The largest absolute Gasteiger partial charge is 0.485 e. The van der Waals surface area contributed by atoms with Crippen LogP contribution >= 0.6 is 0 Å². The predicted octanol–water partition coefficient (Wildman–Crippen LogP) is 5.97. The molecule has 1 atom stereocenters. The van der Waals surface area contributed by atoms with Crippen molar-refractivity contribution >= 4 is 11.8 Å². The minimum absolute atomic E-state index is 0.0258. The molecule has 0 saturated heterocycles. The first-order valence-corrected chi connectivity index (χ1v) is 13.4. The molecule has 0 aromatic heterocycles. The van der Waals surface area contributed by atoms with Gasteiger partial charge in [0.2, 0.25) is 5.91 Å². The van der Waals surface area contributed by atoms with E-state index in [1.165, 1.54) is 0 Å². The molecule has 0 aliphatic rings. The third kappa shape index (κ3) is 7.96. The fraction of sp³-hybridized carbons (Fsp3) is 0.235. The highest BCUT2D eigenvalue weighted by molar-refractivity contribution is 5.97. The van der Waals surface area contributed by atoms with Crippen LogP contribution < -0.4 is 20.5 Å². The number of carbonyl (C=O) groups excluding carboxylic acids is 2. The van der Waals surface area contributed by atoms with E-state index in [1.807, 2.05) is 91.0 Å². The molecule has 0 fully saturated rings. The van der Waals surface area contributed by atoms with Gasteiger partial charge in [0.25, 0.3) is 5.91 Å². The zero-order valence-corrected chi connectivity index (χ0v) is 23.2. The molecule has 0 aliphatic carbocycles. The molecule has 0 bridgehead atoms. The first-order chi connectivity index (χ1) is 19.2. The molecule has 0 saturated carbocycles. The molecule has 0 heterocycles. The highest BCUT2D eigenvalue weighted by Crippen LogP contribution is 2.31. The second-order valence-electron chi connectivity index (χ2n) is 10.8. The summed E-state index contributed by atoms with van der Waals surface area (Å²) in [6, 6.07) is 31.7. The van der Waals surface area contributed by atoms with E-state index in [0.717, 1.165) is 22.3 Å². The van der Waals surface area contributed by atoms with Crippen LogP contribution in [0.25, 0.3) is 0 Å². The van der Waals surface area contributed by atoms with Crippen molar-refractivity contribution in [1.29, 1.82) is 0 Å². The number of amides is 2. The molecular weight excluding hydrogens is 500 g/mol. The van der Waals surface area contributed by atoms with Gasteiger partial charge in [0.1, 0.15) is 19.3 Å². The first-order valence-electron chi connectivity index (χ1n) is 13.4. The summed E-state index contributed by atoms with van der Waals surface area (Å²) >= 11 is 0. The molecule has 0 aliphatic heterocycles. The van der Waals surface area contributed by atoms with E-state index in [0.29, 0.717) is 30.3 Å². The molecule has 0 unspecified atom stereocenters. The van der Waals surface area contributed by atoms with Crippen molar-refractivity contribution in [3.05, 3.63) is 131 Å². The van der Waals surface area contributed by atoms with Crippen molar-refractivity contribution in [2.75, 3.05) is 0 Å². The average molecular weight is 537 g/mol. The van der Waals surface area contributed by atoms with E-state index >= 15 is 0 Å². The van der Waals surface area contributed by atoms with E-state index in [9.17, 15) is 9.59 Å². The second kappa shape index (κ2) is 13.0. The third-order valence-electron chi connectivity index (χ3n) is 6.58. The molecule has 206 valence electrons. The number of benzene rings is 4. The Bertz CT molecular complexity index is 1410. The van der Waals surface area contributed by atoms with Crippen LogP contribution in [0.15, 0.2) is 103 Å². The number of carbonyl (C=O) groups is 2. The van der Waals surface area contributed by atoms with Gasteiger partial charge in [0.05, 0.1) is 0 Å². The van der Waals surface area contributed by atoms with Crippen molar-refractivity contribution < 1.29 is 19.1 Å². The lowest BCUT2D eigenvalue weighted by Gasteiger charge is -2.20. The van der Waals surface area contributed by atoms with E-state index in [4.69, 9.17) is 15.2 Å². The summed E-state index contributed by atoms with van der Waals surface area (Å²) in [5.74, 6) is 0.162. The molecule has 6 nitrogen and oxygen atoms in total. The van der Waals surface area contributed by atoms with Gasteiger partial charge in [-0.2, -0.15) is 0 Å². The fourth-order valence-electron chi connectivity index (χ4n) is 4.20. The lowest BCUT2D eigenvalue weighted by Crippen LogP contribution is -2.45. The Hall–Kier alpha value is -4.58. The highest BCUT2D eigenvalue weighted by Gasteiger charge is 2.21.